The molecule has 2 bridgehead atoms. The number of carbonyl (C=O) groups is 1. The number of anilines is 1. The molecule has 1 amide bonds. The summed E-state index contributed by atoms with van der Waals surface area (Å²) in [7, 11) is 0. The molecular formula is C14H17BrN2O2. The number of carbonyl (C=O) groups excluding carboxylic acids is 1. The Hall–Kier alpha value is -1.07. The Bertz CT molecular complexity index is 520. The van der Waals surface area contributed by atoms with Crippen LogP contribution in [-0.2, 0) is 4.74 Å². The van der Waals surface area contributed by atoms with Crippen LogP contribution in [0.1, 0.15) is 28.8 Å². The van der Waals surface area contributed by atoms with Gasteiger partial charge >= 0.3 is 0 Å². The van der Waals surface area contributed by atoms with E-state index in [0.29, 0.717) is 24.3 Å². The van der Waals surface area contributed by atoms with E-state index in [1.54, 1.807) is 0 Å². The molecule has 0 aliphatic carbocycles. The van der Waals surface area contributed by atoms with E-state index < -0.39 is 0 Å². The van der Waals surface area contributed by atoms with Crippen LogP contribution in [-0.4, -0.2) is 36.1 Å². The van der Waals surface area contributed by atoms with Crippen molar-refractivity contribution in [2.75, 3.05) is 18.8 Å². The van der Waals surface area contributed by atoms with Gasteiger partial charge in [0.25, 0.3) is 5.91 Å². The molecule has 0 saturated carbocycles. The number of fused-ring (bicyclic) bond motifs is 2. The maximum absolute atomic E-state index is 12.6. The molecule has 2 aliphatic rings. The average molecular weight is 325 g/mol. The second-order valence-electron chi connectivity index (χ2n) is 5.34. The molecule has 3 rings (SSSR count). The molecule has 102 valence electrons. The van der Waals surface area contributed by atoms with E-state index in [1.165, 1.54) is 0 Å². The van der Waals surface area contributed by atoms with Crippen molar-refractivity contribution >= 4 is 27.5 Å². The number of amides is 1. The zero-order valence-electron chi connectivity index (χ0n) is 10.9. The van der Waals surface area contributed by atoms with Gasteiger partial charge in [-0.25, -0.2) is 0 Å². The van der Waals surface area contributed by atoms with E-state index in [2.05, 4.69) is 15.9 Å². The first kappa shape index (κ1) is 12.9. The van der Waals surface area contributed by atoms with Crippen LogP contribution in [0.15, 0.2) is 16.6 Å². The van der Waals surface area contributed by atoms with Crippen LogP contribution in [0.4, 0.5) is 5.69 Å². The summed E-state index contributed by atoms with van der Waals surface area (Å²) in [5.41, 5.74) is 8.12. The van der Waals surface area contributed by atoms with Crippen molar-refractivity contribution in [2.24, 2.45) is 0 Å². The Balaban J connectivity index is 1.88. The lowest BCUT2D eigenvalue weighted by Crippen LogP contribution is -2.46. The molecule has 1 aromatic carbocycles. The Kier molecular flexibility index (Phi) is 3.27. The third-order valence-corrected chi connectivity index (χ3v) is 4.43. The number of halogens is 1. The van der Waals surface area contributed by atoms with E-state index in [0.717, 1.165) is 22.9 Å². The molecule has 2 fully saturated rings. The second-order valence-corrected chi connectivity index (χ2v) is 6.25. The predicted octanol–water partition coefficient (Wildman–Crippen LogP) is 2.34. The van der Waals surface area contributed by atoms with Gasteiger partial charge in [0, 0.05) is 28.8 Å². The molecule has 4 nitrogen and oxygen atoms in total. The van der Waals surface area contributed by atoms with Crippen molar-refractivity contribution in [3.63, 3.8) is 0 Å². The van der Waals surface area contributed by atoms with Gasteiger partial charge in [-0.05, 0) is 37.5 Å². The first-order chi connectivity index (χ1) is 9.04. The predicted molar refractivity (Wildman–Crippen MR) is 77.1 cm³/mol. The number of ether oxygens (including phenoxy) is 1. The lowest BCUT2D eigenvalue weighted by atomic mass is 10.1. The van der Waals surface area contributed by atoms with E-state index >= 15 is 0 Å². The lowest BCUT2D eigenvalue weighted by molar-refractivity contribution is -0.0303. The summed E-state index contributed by atoms with van der Waals surface area (Å²) in [5, 5.41) is 0. The van der Waals surface area contributed by atoms with Gasteiger partial charge in [-0.2, -0.15) is 0 Å². The number of likely N-dealkylation sites (tertiary alicyclic amines) is 1. The summed E-state index contributed by atoms with van der Waals surface area (Å²) in [6.07, 6.45) is 2.56. The number of nitrogens with zero attached hydrogens (tertiary/aromatic N) is 1. The average Bonchev–Trinajstić information content (AvgIpc) is 2.72. The molecule has 2 unspecified atom stereocenters. The van der Waals surface area contributed by atoms with Crippen molar-refractivity contribution in [1.29, 1.82) is 0 Å². The highest BCUT2D eigenvalue weighted by Gasteiger charge is 2.36. The number of hydrogen-bond acceptors (Lipinski definition) is 3. The summed E-state index contributed by atoms with van der Waals surface area (Å²) in [6, 6.07) is 3.68. The summed E-state index contributed by atoms with van der Waals surface area (Å²) in [4.78, 5) is 14.5. The van der Waals surface area contributed by atoms with E-state index in [9.17, 15) is 4.79 Å². The molecule has 19 heavy (non-hydrogen) atoms. The van der Waals surface area contributed by atoms with Crippen LogP contribution < -0.4 is 5.73 Å². The number of nitrogens with two attached hydrogens (primary N) is 1. The molecule has 0 aromatic heterocycles. The number of nitrogen functional groups attached to an aromatic ring is 1. The molecule has 2 heterocycles. The third-order valence-electron chi connectivity index (χ3n) is 3.97. The van der Waals surface area contributed by atoms with Gasteiger partial charge in [0.15, 0.2) is 0 Å². The zero-order chi connectivity index (χ0) is 13.6. The van der Waals surface area contributed by atoms with E-state index in [4.69, 9.17) is 10.5 Å². The summed E-state index contributed by atoms with van der Waals surface area (Å²) >= 11 is 3.40. The van der Waals surface area contributed by atoms with Gasteiger partial charge in [0.2, 0.25) is 0 Å². The minimum atomic E-state index is 0.0608. The highest BCUT2D eigenvalue weighted by molar-refractivity contribution is 9.10. The third kappa shape index (κ3) is 2.37. The first-order valence-electron chi connectivity index (χ1n) is 6.55. The minimum absolute atomic E-state index is 0.0608. The maximum Gasteiger partial charge on any atom is 0.254 e. The van der Waals surface area contributed by atoms with Crippen LogP contribution >= 0.6 is 15.9 Å². The highest BCUT2D eigenvalue weighted by atomic mass is 79.9. The number of rotatable bonds is 1. The molecule has 5 heteroatoms. The number of benzene rings is 1. The Labute approximate surface area is 121 Å². The van der Waals surface area contributed by atoms with Crippen molar-refractivity contribution in [2.45, 2.75) is 32.0 Å². The Morgan fingerprint density at radius 1 is 1.37 bits per heavy atom. The van der Waals surface area contributed by atoms with Crippen LogP contribution in [0.5, 0.6) is 0 Å². The van der Waals surface area contributed by atoms with Gasteiger partial charge < -0.3 is 15.4 Å². The van der Waals surface area contributed by atoms with E-state index in [-0.39, 0.29) is 18.1 Å². The van der Waals surface area contributed by atoms with Gasteiger partial charge in [0.05, 0.1) is 12.2 Å². The van der Waals surface area contributed by atoms with Gasteiger partial charge in [-0.3, -0.25) is 4.79 Å². The molecule has 2 N–H and O–H groups in total. The fraction of sp³-hybridized carbons (Fsp3) is 0.500. The smallest absolute Gasteiger partial charge is 0.254 e. The molecule has 1 aromatic rings. The standard InChI is InChI=1S/C14H17BrN2O2/c1-8-12(4-9(15)5-13(8)16)14(18)17-6-10-2-3-11(7-17)19-10/h4-5,10-11H,2-3,6-7,16H2,1H3. The number of hydrogen-bond donors (Lipinski definition) is 1. The normalized spacial score (nSPS) is 25.7. The highest BCUT2D eigenvalue weighted by Crippen LogP contribution is 2.29. The largest absolute Gasteiger partial charge is 0.398 e. The first-order valence-corrected chi connectivity index (χ1v) is 7.34. The molecule has 2 atom stereocenters. The topological polar surface area (TPSA) is 55.6 Å². The summed E-state index contributed by atoms with van der Waals surface area (Å²) in [5.74, 6) is 0.0608. The monoisotopic (exact) mass is 324 g/mol. The van der Waals surface area contributed by atoms with Crippen LogP contribution in [0, 0.1) is 6.92 Å². The molecule has 2 saturated heterocycles. The Morgan fingerprint density at radius 3 is 2.63 bits per heavy atom. The SMILES string of the molecule is Cc1c(N)cc(Br)cc1C(=O)N1CC2CCC(C1)O2. The van der Waals surface area contributed by atoms with Gasteiger partial charge in [0.1, 0.15) is 0 Å². The lowest BCUT2D eigenvalue weighted by Gasteiger charge is -2.32. The van der Waals surface area contributed by atoms with E-state index in [1.807, 2.05) is 24.0 Å². The molecule has 0 spiro atoms. The maximum atomic E-state index is 12.6. The molecule has 2 aliphatic heterocycles. The molecule has 0 radical (unpaired) electrons. The quantitative estimate of drug-likeness (QED) is 0.807. The van der Waals surface area contributed by atoms with Gasteiger partial charge in [-0.15, -0.1) is 0 Å². The van der Waals surface area contributed by atoms with Crippen LogP contribution in [0.3, 0.4) is 0 Å². The molecular weight excluding hydrogens is 308 g/mol. The fourth-order valence-electron chi connectivity index (χ4n) is 2.87. The van der Waals surface area contributed by atoms with Gasteiger partial charge in [-0.1, -0.05) is 15.9 Å². The Morgan fingerprint density at radius 2 is 2.00 bits per heavy atom. The van der Waals surface area contributed by atoms with Crippen molar-refractivity contribution < 1.29 is 9.53 Å². The fourth-order valence-corrected chi connectivity index (χ4v) is 3.35. The van der Waals surface area contributed by atoms with Crippen molar-refractivity contribution in [1.82, 2.24) is 4.90 Å². The summed E-state index contributed by atoms with van der Waals surface area (Å²) in [6.45, 7) is 3.28. The number of morpholine rings is 1. The van der Waals surface area contributed by atoms with Crippen molar-refractivity contribution in [3.05, 3.63) is 27.7 Å². The van der Waals surface area contributed by atoms with Crippen molar-refractivity contribution in [3.8, 4) is 0 Å². The van der Waals surface area contributed by atoms with Crippen LogP contribution in [0.2, 0.25) is 0 Å². The summed E-state index contributed by atoms with van der Waals surface area (Å²) < 4.78 is 6.61. The zero-order valence-corrected chi connectivity index (χ0v) is 12.4. The van der Waals surface area contributed by atoms with Crippen LogP contribution in [0.25, 0.3) is 0 Å². The minimum Gasteiger partial charge on any atom is -0.398 e. The second kappa shape index (κ2) is 4.80.